The summed E-state index contributed by atoms with van der Waals surface area (Å²) in [7, 11) is 1.86. The molecule has 0 spiro atoms. The van der Waals surface area contributed by atoms with E-state index in [-0.39, 0.29) is 24.7 Å². The van der Waals surface area contributed by atoms with Crippen LogP contribution < -0.4 is 0 Å². The smallest absolute Gasteiger partial charge is 0.303 e. The van der Waals surface area contributed by atoms with Crippen molar-refractivity contribution in [3.05, 3.63) is 42.6 Å². The number of likely N-dealkylation sites (tertiary alicyclic amines) is 1. The molecule has 0 aliphatic carbocycles. The Morgan fingerprint density at radius 2 is 1.94 bits per heavy atom. The van der Waals surface area contributed by atoms with Crippen LogP contribution in [0.25, 0.3) is 22.0 Å². The lowest BCUT2D eigenvalue weighted by atomic mass is 9.90. The zero-order valence-electron chi connectivity index (χ0n) is 17.3. The van der Waals surface area contributed by atoms with Gasteiger partial charge in [-0.2, -0.15) is 18.3 Å². The van der Waals surface area contributed by atoms with Crippen LogP contribution in [0.5, 0.6) is 0 Å². The summed E-state index contributed by atoms with van der Waals surface area (Å²) in [5.74, 6) is 0.377. The second-order valence-corrected chi connectivity index (χ2v) is 8.09. The topological polar surface area (TPSA) is 63.9 Å². The second-order valence-electron chi connectivity index (χ2n) is 8.09. The number of fused-ring (bicyclic) bond motifs is 1. The van der Waals surface area contributed by atoms with E-state index in [9.17, 15) is 18.0 Å². The van der Waals surface area contributed by atoms with Gasteiger partial charge in [0.05, 0.1) is 24.6 Å². The van der Waals surface area contributed by atoms with Crippen LogP contribution in [0.3, 0.4) is 0 Å². The molecule has 0 amide bonds. The van der Waals surface area contributed by atoms with Gasteiger partial charge in [0.15, 0.2) is 0 Å². The van der Waals surface area contributed by atoms with Gasteiger partial charge in [-0.3, -0.25) is 9.48 Å². The van der Waals surface area contributed by atoms with Gasteiger partial charge in [0.25, 0.3) is 0 Å². The number of carbonyl (C=O) groups is 1. The molecule has 1 aliphatic heterocycles. The second kappa shape index (κ2) is 8.74. The van der Waals surface area contributed by atoms with Gasteiger partial charge in [0, 0.05) is 42.9 Å². The highest BCUT2D eigenvalue weighted by molar-refractivity contribution is 5.85. The van der Waals surface area contributed by atoms with Crippen molar-refractivity contribution < 1.29 is 18.0 Å². The zero-order chi connectivity index (χ0) is 22.0. The van der Waals surface area contributed by atoms with Gasteiger partial charge >= 0.3 is 6.18 Å². The molecule has 1 saturated heterocycles. The molecule has 0 saturated carbocycles. The fourth-order valence-corrected chi connectivity index (χ4v) is 3.96. The van der Waals surface area contributed by atoms with Crippen molar-refractivity contribution in [1.82, 2.24) is 24.6 Å². The number of Topliss-reactive ketones (excluding diaryl/α,β-unsaturated/α-hetero) is 1. The monoisotopic (exact) mass is 431 g/mol. The highest BCUT2D eigenvalue weighted by Crippen LogP contribution is 2.25. The van der Waals surface area contributed by atoms with Crippen LogP contribution in [0.2, 0.25) is 0 Å². The molecule has 2 aromatic heterocycles. The van der Waals surface area contributed by atoms with E-state index in [0.29, 0.717) is 31.8 Å². The van der Waals surface area contributed by atoms with Crippen molar-refractivity contribution in [3.8, 4) is 11.1 Å². The predicted molar refractivity (Wildman–Crippen MR) is 110 cm³/mol. The quantitative estimate of drug-likeness (QED) is 0.594. The molecule has 4 rings (SSSR count). The zero-order valence-corrected chi connectivity index (χ0v) is 17.3. The Balaban J connectivity index is 1.38. The summed E-state index contributed by atoms with van der Waals surface area (Å²) < 4.78 is 38.9. The highest BCUT2D eigenvalue weighted by atomic mass is 19.4. The van der Waals surface area contributed by atoms with Gasteiger partial charge in [-0.25, -0.2) is 9.97 Å². The molecule has 0 radical (unpaired) electrons. The molecule has 1 fully saturated rings. The Kier molecular flexibility index (Phi) is 6.04. The number of carbonyl (C=O) groups excluding carboxylic acids is 1. The molecule has 0 N–H and O–H groups in total. The lowest BCUT2D eigenvalue weighted by Crippen LogP contribution is -2.38. The van der Waals surface area contributed by atoms with Gasteiger partial charge < -0.3 is 4.90 Å². The Morgan fingerprint density at radius 3 is 2.61 bits per heavy atom. The lowest BCUT2D eigenvalue weighted by molar-refractivity contribution is -0.139. The van der Waals surface area contributed by atoms with Gasteiger partial charge in [0.2, 0.25) is 0 Å². The van der Waals surface area contributed by atoms with Crippen molar-refractivity contribution in [2.75, 3.05) is 19.6 Å². The first-order valence-electron chi connectivity index (χ1n) is 10.3. The first-order valence-corrected chi connectivity index (χ1v) is 10.3. The molecule has 3 heterocycles. The fraction of sp³-hybridized carbons (Fsp3) is 0.455. The van der Waals surface area contributed by atoms with Crippen LogP contribution in [0.4, 0.5) is 13.2 Å². The van der Waals surface area contributed by atoms with Gasteiger partial charge in [0.1, 0.15) is 11.6 Å². The number of hydrogen-bond acceptors (Lipinski definition) is 5. The molecular weight excluding hydrogens is 407 g/mol. The molecule has 9 heteroatoms. The molecule has 6 nitrogen and oxygen atoms in total. The van der Waals surface area contributed by atoms with Crippen LogP contribution in [-0.2, 0) is 18.3 Å². The third-order valence-corrected chi connectivity index (χ3v) is 5.76. The van der Waals surface area contributed by atoms with E-state index in [1.54, 1.807) is 22.0 Å². The number of halogens is 3. The number of alkyl halides is 3. The van der Waals surface area contributed by atoms with Crippen LogP contribution in [0, 0.1) is 5.92 Å². The third kappa shape index (κ3) is 5.46. The van der Waals surface area contributed by atoms with E-state index < -0.39 is 12.6 Å². The first-order chi connectivity index (χ1) is 14.8. The van der Waals surface area contributed by atoms with Crippen LogP contribution >= 0.6 is 0 Å². The number of aryl methyl sites for hydroxylation is 1. The minimum atomic E-state index is -4.14. The maximum absolute atomic E-state index is 12.7. The number of piperidine rings is 1. The van der Waals surface area contributed by atoms with E-state index >= 15 is 0 Å². The normalized spacial score (nSPS) is 16.1. The summed E-state index contributed by atoms with van der Waals surface area (Å²) in [5, 5.41) is 5.08. The van der Waals surface area contributed by atoms with Crippen LogP contribution in [0.15, 0.2) is 36.8 Å². The van der Waals surface area contributed by atoms with Crippen molar-refractivity contribution in [1.29, 1.82) is 0 Å². The Labute approximate surface area is 178 Å². The van der Waals surface area contributed by atoms with Crippen molar-refractivity contribution in [3.63, 3.8) is 0 Å². The van der Waals surface area contributed by atoms with Gasteiger partial charge in [-0.15, -0.1) is 0 Å². The summed E-state index contributed by atoms with van der Waals surface area (Å²) in [4.78, 5) is 23.4. The number of ketones is 1. The largest absolute Gasteiger partial charge is 0.390 e. The van der Waals surface area contributed by atoms with E-state index in [0.717, 1.165) is 22.0 Å². The highest BCUT2D eigenvalue weighted by Gasteiger charge is 2.30. The van der Waals surface area contributed by atoms with E-state index in [1.165, 1.54) is 0 Å². The summed E-state index contributed by atoms with van der Waals surface area (Å²) >= 11 is 0. The summed E-state index contributed by atoms with van der Waals surface area (Å²) in [5.41, 5.74) is 2.74. The van der Waals surface area contributed by atoms with Crippen molar-refractivity contribution >= 4 is 16.7 Å². The first kappa shape index (κ1) is 21.4. The molecule has 164 valence electrons. The van der Waals surface area contributed by atoms with Crippen molar-refractivity contribution in [2.24, 2.45) is 13.0 Å². The number of rotatable bonds is 6. The summed E-state index contributed by atoms with van der Waals surface area (Å²) in [6.07, 6.45) is 1.78. The third-order valence-electron chi connectivity index (χ3n) is 5.76. The minimum absolute atomic E-state index is 0.00252. The SMILES string of the molecule is Cn1cc(-c2ccc3cnc(CC(=O)C4CCN(CCC(F)(F)F)CC4)nc3c2)cn1. The Bertz CT molecular complexity index is 1070. The molecule has 1 aliphatic rings. The molecule has 0 unspecified atom stereocenters. The average Bonchev–Trinajstić information content (AvgIpc) is 3.18. The predicted octanol–water partition coefficient (Wildman–Crippen LogP) is 3.81. The van der Waals surface area contributed by atoms with Crippen molar-refractivity contribution in [2.45, 2.75) is 31.9 Å². The summed E-state index contributed by atoms with van der Waals surface area (Å²) in [6.45, 7) is 1.02. The lowest BCUT2D eigenvalue weighted by Gasteiger charge is -2.31. The maximum Gasteiger partial charge on any atom is 0.390 e. The molecular formula is C22H24F3N5O. The fourth-order valence-electron chi connectivity index (χ4n) is 3.96. The van der Waals surface area contributed by atoms with Gasteiger partial charge in [-0.1, -0.05) is 12.1 Å². The number of benzene rings is 1. The summed E-state index contributed by atoms with van der Waals surface area (Å²) in [6, 6.07) is 5.89. The molecule has 1 aromatic carbocycles. The molecule has 0 atom stereocenters. The number of nitrogens with zero attached hydrogens (tertiary/aromatic N) is 5. The van der Waals surface area contributed by atoms with Crippen LogP contribution in [-0.4, -0.2) is 56.2 Å². The standard InChI is InChI=1S/C22H24F3N5O/c1-29-14-18(13-27-29)16-2-3-17-12-26-21(28-19(17)10-16)11-20(31)15-4-7-30(8-5-15)9-6-22(23,24)25/h2-3,10,12-15H,4-9,11H2,1H3. The van der Waals surface area contributed by atoms with E-state index in [1.807, 2.05) is 31.4 Å². The number of aromatic nitrogens is 4. The molecule has 0 bridgehead atoms. The average molecular weight is 431 g/mol. The minimum Gasteiger partial charge on any atom is -0.303 e. The molecule has 31 heavy (non-hydrogen) atoms. The van der Waals surface area contributed by atoms with E-state index in [2.05, 4.69) is 15.1 Å². The van der Waals surface area contributed by atoms with E-state index in [4.69, 9.17) is 0 Å². The van der Waals surface area contributed by atoms with Gasteiger partial charge in [-0.05, 0) is 37.6 Å². The van der Waals surface area contributed by atoms with Crippen LogP contribution in [0.1, 0.15) is 25.1 Å². The Morgan fingerprint density at radius 1 is 1.16 bits per heavy atom. The molecule has 3 aromatic rings. The Hall–Kier alpha value is -2.81. The maximum atomic E-state index is 12.7. The number of hydrogen-bond donors (Lipinski definition) is 0.